The van der Waals surface area contributed by atoms with E-state index in [1.165, 1.54) is 0 Å². The van der Waals surface area contributed by atoms with Crippen LogP contribution in [-0.4, -0.2) is 30.8 Å². The number of ether oxygens (including phenoxy) is 1. The second-order valence-electron chi connectivity index (χ2n) is 1.59. The Morgan fingerprint density at radius 1 is 1.67 bits per heavy atom. The van der Waals surface area contributed by atoms with E-state index in [0.717, 1.165) is 0 Å². The minimum absolute atomic E-state index is 0.222. The van der Waals surface area contributed by atoms with Crippen molar-refractivity contribution in [2.75, 3.05) is 19.8 Å². The summed E-state index contributed by atoms with van der Waals surface area (Å²) < 4.78 is 4.66. The Morgan fingerprint density at radius 2 is 2.33 bits per heavy atom. The molecule has 0 amide bonds. The molecule has 0 aliphatic rings. The highest BCUT2D eigenvalue weighted by atomic mass is 16.5. The van der Waals surface area contributed by atoms with Crippen molar-refractivity contribution in [2.45, 2.75) is 6.42 Å². The first-order valence-corrected chi connectivity index (χ1v) is 2.77. The number of carbonyl (C=O) groups is 1. The lowest BCUT2D eigenvalue weighted by molar-refractivity contribution is -0.142. The molecule has 0 atom stereocenters. The maximum atomic E-state index is 9.81. The smallest absolute Gasteiger partial charge is 0.329 e. The van der Waals surface area contributed by atoms with Crippen LogP contribution in [0.1, 0.15) is 6.42 Å². The molecule has 0 aromatic carbocycles. The Morgan fingerprint density at radius 3 is 2.78 bits per heavy atom. The number of nitrogens with two attached hydrogens (primary N) is 1. The summed E-state index contributed by atoms with van der Waals surface area (Å²) in [6.45, 7) is 0.752. The van der Waals surface area contributed by atoms with Crippen LogP contribution >= 0.6 is 0 Å². The topological polar surface area (TPSA) is 72.5 Å². The van der Waals surface area contributed by atoms with Crippen LogP contribution in [0.2, 0.25) is 0 Å². The normalized spacial score (nSPS) is 9.44. The van der Waals surface area contributed by atoms with Crippen LogP contribution < -0.4 is 5.73 Å². The first-order valence-electron chi connectivity index (χ1n) is 2.77. The summed E-state index contributed by atoms with van der Waals surface area (Å²) >= 11 is 0. The van der Waals surface area contributed by atoms with Gasteiger partial charge in [0, 0.05) is 6.61 Å². The van der Waals surface area contributed by atoms with E-state index in [1.807, 2.05) is 0 Å². The standard InChI is InChI=1S/C5H11NO3/c6-2-1-3-9-4-5(7)8/h1-4,6H2,(H,7,8). The van der Waals surface area contributed by atoms with E-state index in [9.17, 15) is 4.79 Å². The van der Waals surface area contributed by atoms with E-state index >= 15 is 0 Å². The van der Waals surface area contributed by atoms with Gasteiger partial charge in [-0.2, -0.15) is 0 Å². The van der Waals surface area contributed by atoms with Crippen molar-refractivity contribution >= 4 is 5.97 Å². The molecule has 0 spiro atoms. The maximum absolute atomic E-state index is 9.81. The van der Waals surface area contributed by atoms with Gasteiger partial charge in [-0.15, -0.1) is 0 Å². The molecule has 0 heterocycles. The predicted octanol–water partition coefficient (Wildman–Crippen LogP) is -0.564. The van der Waals surface area contributed by atoms with E-state index in [-0.39, 0.29) is 6.61 Å². The fourth-order valence-electron chi connectivity index (χ4n) is 0.345. The van der Waals surface area contributed by atoms with Gasteiger partial charge in [-0.3, -0.25) is 0 Å². The Kier molecular flexibility index (Phi) is 5.15. The monoisotopic (exact) mass is 133 g/mol. The van der Waals surface area contributed by atoms with Crippen molar-refractivity contribution in [3.63, 3.8) is 0 Å². The third-order valence-electron chi connectivity index (χ3n) is 0.718. The van der Waals surface area contributed by atoms with Crippen molar-refractivity contribution in [1.82, 2.24) is 0 Å². The highest BCUT2D eigenvalue weighted by Crippen LogP contribution is 1.78. The average Bonchev–Trinajstić information content (AvgIpc) is 1.80. The van der Waals surface area contributed by atoms with Gasteiger partial charge in [-0.05, 0) is 13.0 Å². The lowest BCUT2D eigenvalue weighted by Gasteiger charge is -1.96. The summed E-state index contributed by atoms with van der Waals surface area (Å²) in [5.74, 6) is -0.938. The van der Waals surface area contributed by atoms with Crippen molar-refractivity contribution < 1.29 is 14.6 Å². The molecule has 0 fully saturated rings. The minimum atomic E-state index is -0.938. The van der Waals surface area contributed by atoms with Crippen LogP contribution in [0, 0.1) is 0 Å². The first-order chi connectivity index (χ1) is 4.27. The Labute approximate surface area is 53.6 Å². The second-order valence-corrected chi connectivity index (χ2v) is 1.59. The average molecular weight is 133 g/mol. The third kappa shape index (κ3) is 7.39. The van der Waals surface area contributed by atoms with Crippen molar-refractivity contribution in [2.24, 2.45) is 5.73 Å². The van der Waals surface area contributed by atoms with Crippen LogP contribution in [0.4, 0.5) is 0 Å². The van der Waals surface area contributed by atoms with Crippen LogP contribution in [0.5, 0.6) is 0 Å². The van der Waals surface area contributed by atoms with E-state index in [2.05, 4.69) is 4.74 Å². The van der Waals surface area contributed by atoms with E-state index in [1.54, 1.807) is 0 Å². The maximum Gasteiger partial charge on any atom is 0.329 e. The van der Waals surface area contributed by atoms with Crippen LogP contribution in [0.15, 0.2) is 0 Å². The molecule has 0 saturated carbocycles. The quantitative estimate of drug-likeness (QED) is 0.493. The Hall–Kier alpha value is -0.610. The largest absolute Gasteiger partial charge is 0.480 e. The fourth-order valence-corrected chi connectivity index (χ4v) is 0.345. The zero-order valence-corrected chi connectivity index (χ0v) is 5.17. The number of hydrogen-bond donors (Lipinski definition) is 2. The molecule has 0 aliphatic carbocycles. The number of carboxylic acid groups (broad SMARTS) is 1. The Bertz CT molecular complexity index is 84.3. The molecule has 0 unspecified atom stereocenters. The molecule has 9 heavy (non-hydrogen) atoms. The molecule has 3 N–H and O–H groups in total. The zero-order chi connectivity index (χ0) is 7.11. The fraction of sp³-hybridized carbons (Fsp3) is 0.800. The molecule has 4 heteroatoms. The molecule has 0 bridgehead atoms. The van der Waals surface area contributed by atoms with Gasteiger partial charge in [-0.25, -0.2) is 4.79 Å². The lowest BCUT2D eigenvalue weighted by Crippen LogP contribution is -2.10. The molecule has 0 rings (SSSR count). The highest BCUT2D eigenvalue weighted by Gasteiger charge is 1.93. The minimum Gasteiger partial charge on any atom is -0.480 e. The lowest BCUT2D eigenvalue weighted by atomic mass is 10.5. The summed E-state index contributed by atoms with van der Waals surface area (Å²) in [4.78, 5) is 9.81. The Balaban J connectivity index is 2.83. The zero-order valence-electron chi connectivity index (χ0n) is 5.17. The summed E-state index contributed by atoms with van der Waals surface area (Å²) in [6, 6.07) is 0. The SMILES string of the molecule is NCCCOCC(=O)O. The van der Waals surface area contributed by atoms with Gasteiger partial charge >= 0.3 is 5.97 Å². The van der Waals surface area contributed by atoms with Crippen molar-refractivity contribution in [1.29, 1.82) is 0 Å². The van der Waals surface area contributed by atoms with Crippen molar-refractivity contribution in [3.8, 4) is 0 Å². The van der Waals surface area contributed by atoms with Crippen molar-refractivity contribution in [3.05, 3.63) is 0 Å². The highest BCUT2D eigenvalue weighted by molar-refractivity contribution is 5.67. The molecule has 0 aromatic rings. The molecular formula is C5H11NO3. The molecule has 0 aliphatic heterocycles. The molecular weight excluding hydrogens is 122 g/mol. The molecule has 4 nitrogen and oxygen atoms in total. The van der Waals surface area contributed by atoms with Gasteiger partial charge in [0.05, 0.1) is 0 Å². The van der Waals surface area contributed by atoms with Gasteiger partial charge in [0.1, 0.15) is 6.61 Å². The number of carboxylic acids is 1. The molecule has 0 saturated heterocycles. The van der Waals surface area contributed by atoms with Crippen LogP contribution in [0.25, 0.3) is 0 Å². The van der Waals surface area contributed by atoms with Gasteiger partial charge in [-0.1, -0.05) is 0 Å². The number of aliphatic carboxylic acids is 1. The van der Waals surface area contributed by atoms with Gasteiger partial charge in [0.2, 0.25) is 0 Å². The van der Waals surface area contributed by atoms with Gasteiger partial charge < -0.3 is 15.6 Å². The number of hydrogen-bond acceptors (Lipinski definition) is 3. The van der Waals surface area contributed by atoms with Crippen LogP contribution in [0.3, 0.4) is 0 Å². The summed E-state index contributed by atoms with van der Waals surface area (Å²) in [5, 5.41) is 8.06. The van der Waals surface area contributed by atoms with E-state index < -0.39 is 5.97 Å². The number of rotatable bonds is 5. The van der Waals surface area contributed by atoms with Gasteiger partial charge in [0.25, 0.3) is 0 Å². The predicted molar refractivity (Wildman–Crippen MR) is 32.1 cm³/mol. The van der Waals surface area contributed by atoms with E-state index in [0.29, 0.717) is 19.6 Å². The molecule has 0 radical (unpaired) electrons. The van der Waals surface area contributed by atoms with Gasteiger partial charge in [0.15, 0.2) is 0 Å². The summed E-state index contributed by atoms with van der Waals surface area (Å²) in [6.07, 6.45) is 0.716. The third-order valence-corrected chi connectivity index (χ3v) is 0.718. The molecule has 54 valence electrons. The summed E-state index contributed by atoms with van der Waals surface area (Å²) in [5.41, 5.74) is 5.12. The van der Waals surface area contributed by atoms with E-state index in [4.69, 9.17) is 10.8 Å². The second kappa shape index (κ2) is 5.53. The first kappa shape index (κ1) is 8.39. The molecule has 0 aromatic heterocycles. The summed E-state index contributed by atoms with van der Waals surface area (Å²) in [7, 11) is 0. The van der Waals surface area contributed by atoms with Crippen LogP contribution in [-0.2, 0) is 9.53 Å².